The normalized spacial score (nSPS) is 36.6. The molecular formula is C18H30O4. The SMILES string of the molecule is CC(OCC1CCCO1)C(=O)OC1CCC2CCCCC2C1. The zero-order valence-corrected chi connectivity index (χ0v) is 13.8. The van der Waals surface area contributed by atoms with Crippen LogP contribution in [0.15, 0.2) is 0 Å². The molecule has 3 rings (SSSR count). The molecule has 2 saturated carbocycles. The number of ether oxygens (including phenoxy) is 3. The van der Waals surface area contributed by atoms with E-state index in [1.54, 1.807) is 6.92 Å². The average Bonchev–Trinajstić information content (AvgIpc) is 3.06. The lowest BCUT2D eigenvalue weighted by atomic mass is 9.70. The summed E-state index contributed by atoms with van der Waals surface area (Å²) in [5.41, 5.74) is 0. The Bertz CT molecular complexity index is 364. The number of hydrogen-bond acceptors (Lipinski definition) is 4. The highest BCUT2D eigenvalue weighted by Crippen LogP contribution is 2.41. The summed E-state index contributed by atoms with van der Waals surface area (Å²) in [7, 11) is 0. The number of esters is 1. The summed E-state index contributed by atoms with van der Waals surface area (Å²) < 4.78 is 16.9. The topological polar surface area (TPSA) is 44.8 Å². The van der Waals surface area contributed by atoms with Crippen molar-refractivity contribution in [3.8, 4) is 0 Å². The molecule has 0 aromatic carbocycles. The minimum absolute atomic E-state index is 0.112. The molecule has 3 fully saturated rings. The third-order valence-electron chi connectivity index (χ3n) is 5.66. The fourth-order valence-corrected chi connectivity index (χ4v) is 4.29. The van der Waals surface area contributed by atoms with Crippen molar-refractivity contribution >= 4 is 5.97 Å². The number of fused-ring (bicyclic) bond motifs is 1. The molecule has 0 aromatic rings. The van der Waals surface area contributed by atoms with Gasteiger partial charge < -0.3 is 14.2 Å². The van der Waals surface area contributed by atoms with E-state index < -0.39 is 6.10 Å². The zero-order valence-electron chi connectivity index (χ0n) is 13.8. The monoisotopic (exact) mass is 310 g/mol. The molecule has 2 aliphatic carbocycles. The lowest BCUT2D eigenvalue weighted by Crippen LogP contribution is -2.36. The molecule has 0 amide bonds. The van der Waals surface area contributed by atoms with Crippen molar-refractivity contribution in [2.24, 2.45) is 11.8 Å². The van der Waals surface area contributed by atoms with Crippen molar-refractivity contribution in [3.63, 3.8) is 0 Å². The average molecular weight is 310 g/mol. The van der Waals surface area contributed by atoms with E-state index in [-0.39, 0.29) is 18.2 Å². The third kappa shape index (κ3) is 4.23. The van der Waals surface area contributed by atoms with Crippen molar-refractivity contribution < 1.29 is 19.0 Å². The summed E-state index contributed by atoms with van der Waals surface area (Å²) in [6, 6.07) is 0. The number of carbonyl (C=O) groups excluding carboxylic acids is 1. The number of carbonyl (C=O) groups is 1. The second-order valence-electron chi connectivity index (χ2n) is 7.29. The molecule has 0 radical (unpaired) electrons. The Morgan fingerprint density at radius 2 is 1.91 bits per heavy atom. The van der Waals surface area contributed by atoms with Crippen LogP contribution in [0, 0.1) is 11.8 Å². The quantitative estimate of drug-likeness (QED) is 0.729. The van der Waals surface area contributed by atoms with Gasteiger partial charge in [0.25, 0.3) is 0 Å². The van der Waals surface area contributed by atoms with Gasteiger partial charge >= 0.3 is 5.97 Å². The van der Waals surface area contributed by atoms with Crippen LogP contribution >= 0.6 is 0 Å². The smallest absolute Gasteiger partial charge is 0.335 e. The second kappa shape index (κ2) is 7.78. The van der Waals surface area contributed by atoms with Crippen LogP contribution in [0.1, 0.15) is 64.7 Å². The zero-order chi connectivity index (χ0) is 15.4. The summed E-state index contributed by atoms with van der Waals surface area (Å²) in [5.74, 6) is 1.47. The van der Waals surface area contributed by atoms with Crippen LogP contribution in [-0.2, 0) is 19.0 Å². The molecule has 1 saturated heterocycles. The molecule has 3 aliphatic rings. The Balaban J connectivity index is 1.38. The van der Waals surface area contributed by atoms with Gasteiger partial charge in [0.2, 0.25) is 0 Å². The molecule has 0 bridgehead atoms. The largest absolute Gasteiger partial charge is 0.460 e. The van der Waals surface area contributed by atoms with E-state index in [4.69, 9.17) is 14.2 Å². The van der Waals surface area contributed by atoms with Gasteiger partial charge in [0.05, 0.1) is 12.7 Å². The molecule has 1 aliphatic heterocycles. The van der Waals surface area contributed by atoms with Gasteiger partial charge in [0, 0.05) is 6.61 Å². The van der Waals surface area contributed by atoms with Gasteiger partial charge in [0.1, 0.15) is 6.10 Å². The summed E-state index contributed by atoms with van der Waals surface area (Å²) in [6.07, 6.45) is 10.7. The third-order valence-corrected chi connectivity index (χ3v) is 5.66. The molecule has 126 valence electrons. The first-order chi connectivity index (χ1) is 10.7. The molecule has 0 N–H and O–H groups in total. The van der Waals surface area contributed by atoms with Crippen molar-refractivity contribution in [1.82, 2.24) is 0 Å². The highest BCUT2D eigenvalue weighted by molar-refractivity contribution is 5.74. The Kier molecular flexibility index (Phi) is 5.75. The summed E-state index contributed by atoms with van der Waals surface area (Å²) in [5, 5.41) is 0. The standard InChI is InChI=1S/C18H30O4/c1-13(21-12-17-7-4-10-20-17)18(19)22-16-9-8-14-5-2-3-6-15(14)11-16/h13-17H,2-12H2,1H3. The van der Waals surface area contributed by atoms with E-state index in [0.29, 0.717) is 6.61 Å². The van der Waals surface area contributed by atoms with Crippen LogP contribution in [0.5, 0.6) is 0 Å². The predicted molar refractivity (Wildman–Crippen MR) is 83.6 cm³/mol. The van der Waals surface area contributed by atoms with E-state index in [0.717, 1.165) is 44.1 Å². The fraction of sp³-hybridized carbons (Fsp3) is 0.944. The Hall–Kier alpha value is -0.610. The molecule has 4 nitrogen and oxygen atoms in total. The molecule has 4 heteroatoms. The lowest BCUT2D eigenvalue weighted by molar-refractivity contribution is -0.166. The maximum atomic E-state index is 12.2. The van der Waals surface area contributed by atoms with Gasteiger partial charge in [-0.1, -0.05) is 25.7 Å². The maximum Gasteiger partial charge on any atom is 0.335 e. The van der Waals surface area contributed by atoms with Gasteiger partial charge in [-0.2, -0.15) is 0 Å². The molecule has 22 heavy (non-hydrogen) atoms. The maximum absolute atomic E-state index is 12.2. The minimum Gasteiger partial charge on any atom is -0.460 e. The van der Waals surface area contributed by atoms with Gasteiger partial charge in [-0.15, -0.1) is 0 Å². The first kappa shape index (κ1) is 16.3. The minimum atomic E-state index is -0.478. The molecule has 1 heterocycles. The number of rotatable bonds is 5. The summed E-state index contributed by atoms with van der Waals surface area (Å²) >= 11 is 0. The highest BCUT2D eigenvalue weighted by Gasteiger charge is 2.34. The Labute approximate surface area is 133 Å². The van der Waals surface area contributed by atoms with Crippen molar-refractivity contribution in [1.29, 1.82) is 0 Å². The second-order valence-corrected chi connectivity index (χ2v) is 7.29. The van der Waals surface area contributed by atoms with E-state index in [1.165, 1.54) is 32.1 Å². The predicted octanol–water partition coefficient (Wildman–Crippen LogP) is 3.47. The van der Waals surface area contributed by atoms with Gasteiger partial charge in [-0.05, 0) is 50.9 Å². The van der Waals surface area contributed by atoms with E-state index in [2.05, 4.69) is 0 Å². The molecule has 0 spiro atoms. The number of hydrogen-bond donors (Lipinski definition) is 0. The van der Waals surface area contributed by atoms with Crippen LogP contribution in [0.3, 0.4) is 0 Å². The lowest BCUT2D eigenvalue weighted by Gasteiger charge is -2.39. The highest BCUT2D eigenvalue weighted by atomic mass is 16.6. The fourth-order valence-electron chi connectivity index (χ4n) is 4.29. The van der Waals surface area contributed by atoms with Crippen LogP contribution in [0.2, 0.25) is 0 Å². The van der Waals surface area contributed by atoms with Crippen molar-refractivity contribution in [3.05, 3.63) is 0 Å². The summed E-state index contributed by atoms with van der Waals surface area (Å²) in [6.45, 7) is 3.12. The van der Waals surface area contributed by atoms with Gasteiger partial charge in [-0.3, -0.25) is 0 Å². The van der Waals surface area contributed by atoms with Crippen molar-refractivity contribution in [2.75, 3.05) is 13.2 Å². The Morgan fingerprint density at radius 3 is 2.68 bits per heavy atom. The van der Waals surface area contributed by atoms with E-state index in [9.17, 15) is 4.79 Å². The molecule has 0 aromatic heterocycles. The Morgan fingerprint density at radius 1 is 1.09 bits per heavy atom. The van der Waals surface area contributed by atoms with Crippen LogP contribution in [-0.4, -0.2) is 37.5 Å². The molecular weight excluding hydrogens is 280 g/mol. The summed E-state index contributed by atoms with van der Waals surface area (Å²) in [4.78, 5) is 12.2. The van der Waals surface area contributed by atoms with Crippen molar-refractivity contribution in [2.45, 2.75) is 83.0 Å². The molecule has 5 atom stereocenters. The van der Waals surface area contributed by atoms with Gasteiger partial charge in [-0.25, -0.2) is 4.79 Å². The van der Waals surface area contributed by atoms with E-state index in [1.807, 2.05) is 0 Å². The van der Waals surface area contributed by atoms with Crippen LogP contribution < -0.4 is 0 Å². The van der Waals surface area contributed by atoms with Gasteiger partial charge in [0.15, 0.2) is 6.10 Å². The first-order valence-corrected chi connectivity index (χ1v) is 9.16. The first-order valence-electron chi connectivity index (χ1n) is 9.16. The van der Waals surface area contributed by atoms with E-state index >= 15 is 0 Å². The van der Waals surface area contributed by atoms with Crippen LogP contribution in [0.25, 0.3) is 0 Å². The molecule has 5 unspecified atom stereocenters. The van der Waals surface area contributed by atoms with Crippen LogP contribution in [0.4, 0.5) is 0 Å².